The molecule has 0 fully saturated rings. The van der Waals surface area contributed by atoms with Crippen LogP contribution >= 0.6 is 11.8 Å². The molecule has 1 unspecified atom stereocenters. The van der Waals surface area contributed by atoms with Crippen molar-refractivity contribution in [3.8, 4) is 5.75 Å². The molecular weight excluding hydrogens is 450 g/mol. The molecule has 0 bridgehead atoms. The molecule has 0 saturated heterocycles. The molecule has 1 atom stereocenters. The maximum atomic E-state index is 13.0. The number of esters is 1. The van der Waals surface area contributed by atoms with Gasteiger partial charge in [-0.05, 0) is 67.1 Å². The lowest BCUT2D eigenvalue weighted by atomic mass is 9.93. The first-order valence-electron chi connectivity index (χ1n) is 10.9. The number of carbonyl (C=O) groups excluding carboxylic acids is 2. The normalized spacial score (nSPS) is 17.1. The van der Waals surface area contributed by atoms with Crippen molar-refractivity contribution in [3.05, 3.63) is 81.5 Å². The molecule has 1 N–H and O–H groups in total. The van der Waals surface area contributed by atoms with Gasteiger partial charge < -0.3 is 19.7 Å². The zero-order valence-corrected chi connectivity index (χ0v) is 20.7. The summed E-state index contributed by atoms with van der Waals surface area (Å²) in [7, 11) is 2.96. The lowest BCUT2D eigenvalue weighted by Crippen LogP contribution is -2.37. The minimum absolute atomic E-state index is 0.132. The lowest BCUT2D eigenvalue weighted by molar-refractivity contribution is -0.136. The molecule has 176 valence electrons. The lowest BCUT2D eigenvalue weighted by Gasteiger charge is -2.36. The maximum Gasteiger partial charge on any atom is 0.338 e. The molecule has 0 aromatic heterocycles. The Morgan fingerprint density at radius 2 is 1.82 bits per heavy atom. The van der Waals surface area contributed by atoms with Gasteiger partial charge in [0, 0.05) is 11.4 Å². The second kappa shape index (κ2) is 9.77. The van der Waals surface area contributed by atoms with E-state index in [2.05, 4.69) is 16.4 Å². The predicted octanol–water partition coefficient (Wildman–Crippen LogP) is 5.09. The average molecular weight is 478 g/mol. The number of aryl methyl sites for hydroxylation is 2. The Morgan fingerprint density at radius 3 is 2.50 bits per heavy atom. The number of anilines is 1. The number of carbonyl (C=O) groups is 2. The van der Waals surface area contributed by atoms with Gasteiger partial charge in [0.15, 0.2) is 5.17 Å². The van der Waals surface area contributed by atoms with E-state index in [4.69, 9.17) is 9.47 Å². The average Bonchev–Trinajstić information content (AvgIpc) is 3.18. The highest BCUT2D eigenvalue weighted by Gasteiger charge is 2.41. The molecule has 1 amide bonds. The minimum atomic E-state index is -0.495. The van der Waals surface area contributed by atoms with Crippen LogP contribution in [0.3, 0.4) is 0 Å². The van der Waals surface area contributed by atoms with Crippen LogP contribution in [0.5, 0.6) is 5.75 Å². The molecule has 2 aromatic rings. The number of nitrogens with zero attached hydrogens (tertiary/aromatic N) is 2. The SMILES string of the molecule is COC(=O)C1=C(C)N=C2SC=C(CC(=O)Nc3cc(C)cc(C)c3)N2C1c1cccc(OC)c1. The molecule has 34 heavy (non-hydrogen) atoms. The van der Waals surface area contributed by atoms with Gasteiger partial charge in [-0.3, -0.25) is 4.79 Å². The van der Waals surface area contributed by atoms with Gasteiger partial charge in [-0.1, -0.05) is 30.0 Å². The van der Waals surface area contributed by atoms with Crippen molar-refractivity contribution in [1.82, 2.24) is 4.90 Å². The topological polar surface area (TPSA) is 80.2 Å². The molecule has 0 radical (unpaired) electrons. The number of fused-ring (bicyclic) bond motifs is 1. The van der Waals surface area contributed by atoms with Gasteiger partial charge >= 0.3 is 5.97 Å². The third kappa shape index (κ3) is 4.72. The number of nitrogens with one attached hydrogen (secondary N) is 1. The van der Waals surface area contributed by atoms with E-state index in [0.717, 1.165) is 28.1 Å². The largest absolute Gasteiger partial charge is 0.497 e. The molecule has 8 heteroatoms. The van der Waals surface area contributed by atoms with Gasteiger partial charge in [-0.2, -0.15) is 0 Å². The number of thioether (sulfide) groups is 1. The fourth-order valence-electron chi connectivity index (χ4n) is 4.28. The minimum Gasteiger partial charge on any atom is -0.497 e. The van der Waals surface area contributed by atoms with E-state index in [1.165, 1.54) is 18.9 Å². The Hall–Kier alpha value is -3.52. The first kappa shape index (κ1) is 23.6. The van der Waals surface area contributed by atoms with Crippen molar-refractivity contribution in [2.45, 2.75) is 33.2 Å². The molecule has 2 aromatic carbocycles. The van der Waals surface area contributed by atoms with E-state index in [0.29, 0.717) is 22.2 Å². The van der Waals surface area contributed by atoms with Crippen LogP contribution in [0.4, 0.5) is 5.69 Å². The van der Waals surface area contributed by atoms with Gasteiger partial charge in [-0.25, -0.2) is 9.79 Å². The van der Waals surface area contributed by atoms with E-state index in [-0.39, 0.29) is 12.3 Å². The third-order valence-electron chi connectivity index (χ3n) is 5.66. The van der Waals surface area contributed by atoms with Crippen molar-refractivity contribution in [2.75, 3.05) is 19.5 Å². The highest BCUT2D eigenvalue weighted by Crippen LogP contribution is 2.45. The number of aliphatic imine (C=N–C) groups is 1. The molecule has 7 nitrogen and oxygen atoms in total. The molecule has 0 aliphatic carbocycles. The van der Waals surface area contributed by atoms with E-state index < -0.39 is 12.0 Å². The highest BCUT2D eigenvalue weighted by molar-refractivity contribution is 8.16. The smallest absolute Gasteiger partial charge is 0.338 e. The summed E-state index contributed by atoms with van der Waals surface area (Å²) >= 11 is 1.44. The van der Waals surface area contributed by atoms with E-state index in [1.807, 2.05) is 60.6 Å². The second-order valence-corrected chi connectivity index (χ2v) is 9.10. The first-order chi connectivity index (χ1) is 16.3. The summed E-state index contributed by atoms with van der Waals surface area (Å²) < 4.78 is 10.5. The Labute approximate surface area is 203 Å². The number of benzene rings is 2. The van der Waals surface area contributed by atoms with Crippen LogP contribution in [-0.2, 0) is 14.3 Å². The van der Waals surface area contributed by atoms with Crippen LogP contribution in [0, 0.1) is 13.8 Å². The van der Waals surface area contributed by atoms with Crippen LogP contribution in [0.2, 0.25) is 0 Å². The highest BCUT2D eigenvalue weighted by atomic mass is 32.2. The van der Waals surface area contributed by atoms with Crippen molar-refractivity contribution in [2.24, 2.45) is 4.99 Å². The zero-order valence-electron chi connectivity index (χ0n) is 19.8. The molecule has 2 aliphatic rings. The van der Waals surface area contributed by atoms with Crippen molar-refractivity contribution in [1.29, 1.82) is 0 Å². The molecule has 0 saturated carbocycles. The van der Waals surface area contributed by atoms with Gasteiger partial charge in [0.1, 0.15) is 5.75 Å². The van der Waals surface area contributed by atoms with Crippen LogP contribution < -0.4 is 10.1 Å². The Kier molecular flexibility index (Phi) is 6.79. The summed E-state index contributed by atoms with van der Waals surface area (Å²) in [5, 5.41) is 5.63. The maximum absolute atomic E-state index is 13.0. The standard InChI is InChI=1S/C26H27N3O4S/c1-15-9-16(2)11-19(10-15)28-22(30)13-20-14-34-26-27-17(3)23(25(31)33-5)24(29(20)26)18-7-6-8-21(12-18)32-4/h6-12,14,24H,13H2,1-5H3,(H,28,30). The van der Waals surface area contributed by atoms with Gasteiger partial charge in [0.2, 0.25) is 5.91 Å². The third-order valence-corrected chi connectivity index (χ3v) is 6.55. The molecule has 2 aliphatic heterocycles. The summed E-state index contributed by atoms with van der Waals surface area (Å²) in [5.74, 6) is 0.0748. The summed E-state index contributed by atoms with van der Waals surface area (Å²) in [4.78, 5) is 32.4. The number of hydrogen-bond donors (Lipinski definition) is 1. The number of allylic oxidation sites excluding steroid dienone is 1. The van der Waals surface area contributed by atoms with Crippen LogP contribution in [0.1, 0.15) is 36.1 Å². The second-order valence-electron chi connectivity index (χ2n) is 8.26. The number of amidine groups is 1. The predicted molar refractivity (Wildman–Crippen MR) is 135 cm³/mol. The van der Waals surface area contributed by atoms with E-state index >= 15 is 0 Å². The number of methoxy groups -OCH3 is 2. The first-order valence-corrected chi connectivity index (χ1v) is 11.7. The Bertz CT molecular complexity index is 1230. The van der Waals surface area contributed by atoms with Crippen LogP contribution in [0.25, 0.3) is 0 Å². The summed E-state index contributed by atoms with van der Waals surface area (Å²) in [6.45, 7) is 5.79. The van der Waals surface area contributed by atoms with E-state index in [9.17, 15) is 9.59 Å². The van der Waals surface area contributed by atoms with Gasteiger partial charge in [0.05, 0.1) is 38.0 Å². The molecule has 0 spiro atoms. The fraction of sp³-hybridized carbons (Fsp3) is 0.269. The Morgan fingerprint density at radius 1 is 1.09 bits per heavy atom. The zero-order chi connectivity index (χ0) is 24.4. The van der Waals surface area contributed by atoms with E-state index in [1.54, 1.807) is 14.0 Å². The number of ether oxygens (including phenoxy) is 2. The van der Waals surface area contributed by atoms with Gasteiger partial charge in [-0.15, -0.1) is 0 Å². The summed E-state index contributed by atoms with van der Waals surface area (Å²) in [6.07, 6.45) is 0.132. The van der Waals surface area contributed by atoms with Crippen LogP contribution in [-0.4, -0.2) is 36.2 Å². The van der Waals surface area contributed by atoms with Crippen molar-refractivity contribution < 1.29 is 19.1 Å². The number of hydrogen-bond acceptors (Lipinski definition) is 7. The molecule has 4 rings (SSSR count). The van der Waals surface area contributed by atoms with Crippen LogP contribution in [0.15, 0.2) is 69.8 Å². The summed E-state index contributed by atoms with van der Waals surface area (Å²) in [5.41, 5.74) is 5.55. The van der Waals surface area contributed by atoms with Crippen molar-refractivity contribution in [3.63, 3.8) is 0 Å². The van der Waals surface area contributed by atoms with Gasteiger partial charge in [0.25, 0.3) is 0 Å². The number of amides is 1. The molecular formula is C26H27N3O4S. The Balaban J connectivity index is 1.67. The quantitative estimate of drug-likeness (QED) is 0.584. The monoisotopic (exact) mass is 477 g/mol. The fourth-order valence-corrected chi connectivity index (χ4v) is 5.25. The summed E-state index contributed by atoms with van der Waals surface area (Å²) in [6, 6.07) is 13.0. The number of rotatable bonds is 6. The molecule has 2 heterocycles. The van der Waals surface area contributed by atoms with Crippen molar-refractivity contribution >= 4 is 34.5 Å².